The van der Waals surface area contributed by atoms with Crippen LogP contribution in [0.1, 0.15) is 31.2 Å². The standard InChI is InChI=1S/C17H25N3O3S/c18-24(22,23)15-3-1-14(2-4-15)6-12-20-13-17(7-5-16(20)21)8-10-19-11-9-17/h1-4,19H,5-13H2,(H2,18,22,23). The third-order valence-corrected chi connectivity index (χ3v) is 6.26. The normalized spacial score (nSPS) is 21.2. The van der Waals surface area contributed by atoms with Crippen molar-refractivity contribution >= 4 is 15.9 Å². The van der Waals surface area contributed by atoms with Gasteiger partial charge in [0.1, 0.15) is 0 Å². The van der Waals surface area contributed by atoms with Crippen LogP contribution in [0.5, 0.6) is 0 Å². The Morgan fingerprint density at radius 1 is 1.12 bits per heavy atom. The lowest BCUT2D eigenvalue weighted by Gasteiger charge is -2.45. The number of rotatable bonds is 4. The fraction of sp³-hybridized carbons (Fsp3) is 0.588. The molecule has 7 heteroatoms. The van der Waals surface area contributed by atoms with Crippen LogP contribution in [-0.4, -0.2) is 45.4 Å². The molecule has 0 bridgehead atoms. The molecule has 6 nitrogen and oxygen atoms in total. The maximum Gasteiger partial charge on any atom is 0.238 e. The molecule has 0 aliphatic carbocycles. The van der Waals surface area contributed by atoms with Gasteiger partial charge in [0.25, 0.3) is 0 Å². The van der Waals surface area contributed by atoms with E-state index in [1.165, 1.54) is 12.1 Å². The second-order valence-corrected chi connectivity index (χ2v) is 8.57. The number of carbonyl (C=O) groups excluding carboxylic acids is 1. The van der Waals surface area contributed by atoms with Gasteiger partial charge in [0.15, 0.2) is 0 Å². The highest BCUT2D eigenvalue weighted by Gasteiger charge is 2.39. The van der Waals surface area contributed by atoms with Crippen LogP contribution in [0.4, 0.5) is 0 Å². The number of piperidine rings is 2. The molecule has 2 saturated heterocycles. The Kier molecular flexibility index (Phi) is 4.94. The molecular formula is C17H25N3O3S. The summed E-state index contributed by atoms with van der Waals surface area (Å²) in [6.45, 7) is 3.61. The molecule has 2 fully saturated rings. The topological polar surface area (TPSA) is 92.5 Å². The van der Waals surface area contributed by atoms with Gasteiger partial charge in [-0.15, -0.1) is 0 Å². The van der Waals surface area contributed by atoms with E-state index >= 15 is 0 Å². The number of carbonyl (C=O) groups is 1. The molecule has 0 aromatic heterocycles. The van der Waals surface area contributed by atoms with Crippen LogP contribution in [0.2, 0.25) is 0 Å². The number of nitrogens with zero attached hydrogens (tertiary/aromatic N) is 1. The molecule has 0 saturated carbocycles. The number of hydrogen-bond donors (Lipinski definition) is 2. The van der Waals surface area contributed by atoms with Gasteiger partial charge >= 0.3 is 0 Å². The first-order chi connectivity index (χ1) is 11.4. The Hall–Kier alpha value is -1.44. The summed E-state index contributed by atoms with van der Waals surface area (Å²) in [5.41, 5.74) is 1.30. The predicted molar refractivity (Wildman–Crippen MR) is 91.9 cm³/mol. The number of benzene rings is 1. The molecule has 1 aromatic rings. The van der Waals surface area contributed by atoms with Crippen molar-refractivity contribution in [3.63, 3.8) is 0 Å². The van der Waals surface area contributed by atoms with E-state index in [1.54, 1.807) is 12.1 Å². The van der Waals surface area contributed by atoms with Crippen LogP contribution in [0.15, 0.2) is 29.2 Å². The van der Waals surface area contributed by atoms with Crippen LogP contribution in [0, 0.1) is 5.41 Å². The number of sulfonamides is 1. The maximum atomic E-state index is 12.2. The molecule has 0 atom stereocenters. The first-order valence-electron chi connectivity index (χ1n) is 8.48. The van der Waals surface area contributed by atoms with E-state index in [-0.39, 0.29) is 16.2 Å². The van der Waals surface area contributed by atoms with Gasteiger partial charge in [-0.25, -0.2) is 13.6 Å². The van der Waals surface area contributed by atoms with E-state index in [0.29, 0.717) is 13.0 Å². The fourth-order valence-electron chi connectivity index (χ4n) is 3.78. The number of amides is 1. The smallest absolute Gasteiger partial charge is 0.238 e. The molecule has 3 rings (SSSR count). The van der Waals surface area contributed by atoms with Crippen LogP contribution in [0.25, 0.3) is 0 Å². The molecule has 1 aromatic carbocycles. The number of hydrogen-bond acceptors (Lipinski definition) is 4. The first-order valence-corrected chi connectivity index (χ1v) is 10.0. The van der Waals surface area contributed by atoms with Crippen molar-refractivity contribution in [3.05, 3.63) is 29.8 Å². The molecule has 2 aliphatic heterocycles. The van der Waals surface area contributed by atoms with Gasteiger partial charge in [-0.1, -0.05) is 12.1 Å². The summed E-state index contributed by atoms with van der Waals surface area (Å²) < 4.78 is 22.6. The molecule has 24 heavy (non-hydrogen) atoms. The van der Waals surface area contributed by atoms with Gasteiger partial charge in [-0.05, 0) is 61.9 Å². The quantitative estimate of drug-likeness (QED) is 0.842. The summed E-state index contributed by atoms with van der Waals surface area (Å²) >= 11 is 0. The third-order valence-electron chi connectivity index (χ3n) is 5.33. The van der Waals surface area contributed by atoms with Gasteiger partial charge in [0.05, 0.1) is 4.90 Å². The molecule has 0 radical (unpaired) electrons. The molecular weight excluding hydrogens is 326 g/mol. The van der Waals surface area contributed by atoms with Crippen LogP contribution in [0.3, 0.4) is 0 Å². The molecule has 1 amide bonds. The Morgan fingerprint density at radius 2 is 1.79 bits per heavy atom. The Balaban J connectivity index is 1.61. The van der Waals surface area contributed by atoms with Crippen molar-refractivity contribution in [1.29, 1.82) is 0 Å². The van der Waals surface area contributed by atoms with Gasteiger partial charge in [-0.2, -0.15) is 0 Å². The number of nitrogens with one attached hydrogen (secondary N) is 1. The lowest BCUT2D eigenvalue weighted by atomic mass is 9.72. The molecule has 0 unspecified atom stereocenters. The zero-order chi connectivity index (χ0) is 17.2. The van der Waals surface area contributed by atoms with E-state index in [0.717, 1.165) is 50.9 Å². The number of primary sulfonamides is 1. The van der Waals surface area contributed by atoms with Crippen molar-refractivity contribution in [2.75, 3.05) is 26.2 Å². The SMILES string of the molecule is NS(=O)(=O)c1ccc(CCN2CC3(CCNCC3)CCC2=O)cc1. The van der Waals surface area contributed by atoms with Gasteiger partial charge in [0, 0.05) is 19.5 Å². The highest BCUT2D eigenvalue weighted by molar-refractivity contribution is 7.89. The minimum atomic E-state index is -3.65. The average molecular weight is 351 g/mol. The molecule has 3 N–H and O–H groups in total. The summed E-state index contributed by atoms with van der Waals surface area (Å²) in [5, 5.41) is 8.50. The number of nitrogens with two attached hydrogens (primary N) is 1. The van der Waals surface area contributed by atoms with E-state index < -0.39 is 10.0 Å². The highest BCUT2D eigenvalue weighted by Crippen LogP contribution is 2.38. The summed E-state index contributed by atoms with van der Waals surface area (Å²) in [6, 6.07) is 6.59. The van der Waals surface area contributed by atoms with Crippen molar-refractivity contribution in [2.24, 2.45) is 10.6 Å². The Bertz CT molecular complexity index is 694. The zero-order valence-corrected chi connectivity index (χ0v) is 14.6. The van der Waals surface area contributed by atoms with E-state index in [2.05, 4.69) is 5.32 Å². The van der Waals surface area contributed by atoms with Crippen LogP contribution >= 0.6 is 0 Å². The van der Waals surface area contributed by atoms with E-state index in [1.807, 2.05) is 4.90 Å². The average Bonchev–Trinajstić information content (AvgIpc) is 2.56. The third kappa shape index (κ3) is 3.96. The van der Waals surface area contributed by atoms with Crippen molar-refractivity contribution in [1.82, 2.24) is 10.2 Å². The largest absolute Gasteiger partial charge is 0.342 e. The molecule has 132 valence electrons. The lowest BCUT2D eigenvalue weighted by molar-refractivity contribution is -0.138. The second kappa shape index (κ2) is 6.82. The van der Waals surface area contributed by atoms with Gasteiger partial charge in [0.2, 0.25) is 15.9 Å². The molecule has 2 aliphatic rings. The van der Waals surface area contributed by atoms with Crippen molar-refractivity contribution < 1.29 is 13.2 Å². The van der Waals surface area contributed by atoms with Gasteiger partial charge < -0.3 is 10.2 Å². The highest BCUT2D eigenvalue weighted by atomic mass is 32.2. The van der Waals surface area contributed by atoms with Crippen molar-refractivity contribution in [3.8, 4) is 0 Å². The minimum Gasteiger partial charge on any atom is -0.342 e. The number of likely N-dealkylation sites (tertiary alicyclic amines) is 1. The first kappa shape index (κ1) is 17.4. The summed E-state index contributed by atoms with van der Waals surface area (Å²) in [4.78, 5) is 14.3. The summed E-state index contributed by atoms with van der Waals surface area (Å²) in [6.07, 6.45) is 4.65. The lowest BCUT2D eigenvalue weighted by Crippen LogP contribution is -2.51. The Labute approximate surface area is 143 Å². The van der Waals surface area contributed by atoms with E-state index in [4.69, 9.17) is 5.14 Å². The van der Waals surface area contributed by atoms with Crippen LogP contribution in [-0.2, 0) is 21.2 Å². The van der Waals surface area contributed by atoms with E-state index in [9.17, 15) is 13.2 Å². The maximum absolute atomic E-state index is 12.2. The summed E-state index contributed by atoms with van der Waals surface area (Å²) in [5.74, 6) is 0.236. The monoisotopic (exact) mass is 351 g/mol. The second-order valence-electron chi connectivity index (χ2n) is 7.00. The fourth-order valence-corrected chi connectivity index (χ4v) is 4.30. The molecule has 1 spiro atoms. The molecule has 2 heterocycles. The van der Waals surface area contributed by atoms with Crippen LogP contribution < -0.4 is 10.5 Å². The Morgan fingerprint density at radius 3 is 2.42 bits per heavy atom. The van der Waals surface area contributed by atoms with Gasteiger partial charge in [-0.3, -0.25) is 4.79 Å². The zero-order valence-electron chi connectivity index (χ0n) is 13.8. The minimum absolute atomic E-state index is 0.119. The van der Waals surface area contributed by atoms with Crippen molar-refractivity contribution in [2.45, 2.75) is 37.0 Å². The predicted octanol–water partition coefficient (Wildman–Crippen LogP) is 0.869. The summed E-state index contributed by atoms with van der Waals surface area (Å²) in [7, 11) is -3.65.